The molecule has 5 nitrogen and oxygen atoms in total. The molecule has 6 heteroatoms. The maximum absolute atomic E-state index is 12.9. The van der Waals surface area contributed by atoms with Gasteiger partial charge in [0, 0.05) is 10.7 Å². The quantitative estimate of drug-likeness (QED) is 0.492. The molecule has 0 aliphatic heterocycles. The zero-order valence-electron chi connectivity index (χ0n) is 19.5. The Morgan fingerprint density at radius 3 is 2.00 bits per heavy atom. The van der Waals surface area contributed by atoms with Gasteiger partial charge in [-0.25, -0.2) is 0 Å². The van der Waals surface area contributed by atoms with Crippen LogP contribution in [-0.4, -0.2) is 36.9 Å². The molecular weight excluding hydrogens is 434 g/mol. The molecule has 0 aromatic heterocycles. The Morgan fingerprint density at radius 1 is 0.848 bits per heavy atom. The average Bonchev–Trinajstić information content (AvgIpc) is 2.76. The zero-order valence-corrected chi connectivity index (χ0v) is 20.2. The number of likely N-dealkylation sites (N-methyl/N-ethyl adjacent to an activating group) is 1. The number of rotatable bonds is 8. The van der Waals surface area contributed by atoms with E-state index >= 15 is 0 Å². The van der Waals surface area contributed by atoms with Crippen molar-refractivity contribution in [3.8, 4) is 0 Å². The minimum atomic E-state index is -0.309. The van der Waals surface area contributed by atoms with Crippen LogP contribution in [-0.2, 0) is 9.59 Å². The lowest BCUT2D eigenvalue weighted by atomic mass is 9.98. The van der Waals surface area contributed by atoms with Gasteiger partial charge in [0.05, 0.1) is 19.1 Å². The Bertz CT molecular complexity index is 1090. The second-order valence-electron chi connectivity index (χ2n) is 8.46. The van der Waals surface area contributed by atoms with E-state index in [1.165, 1.54) is 0 Å². The lowest BCUT2D eigenvalue weighted by molar-refractivity contribution is -0.123. The smallest absolute Gasteiger partial charge is 0.238 e. The molecule has 3 aromatic rings. The molecule has 0 radical (unpaired) electrons. The van der Waals surface area contributed by atoms with Crippen LogP contribution in [0.5, 0.6) is 0 Å². The Kier molecular flexibility index (Phi) is 8.26. The Labute approximate surface area is 200 Å². The van der Waals surface area contributed by atoms with Gasteiger partial charge in [-0.2, -0.15) is 0 Å². The summed E-state index contributed by atoms with van der Waals surface area (Å²) in [7, 11) is 1.76. The molecule has 0 aliphatic carbocycles. The van der Waals surface area contributed by atoms with Crippen LogP contribution in [0.3, 0.4) is 0 Å². The van der Waals surface area contributed by atoms with Crippen LogP contribution in [0.15, 0.2) is 66.7 Å². The molecule has 2 amide bonds. The fourth-order valence-corrected chi connectivity index (χ4v) is 4.09. The van der Waals surface area contributed by atoms with Crippen molar-refractivity contribution in [1.82, 2.24) is 10.2 Å². The molecule has 0 saturated carbocycles. The highest BCUT2D eigenvalue weighted by molar-refractivity contribution is 6.30. The first-order chi connectivity index (χ1) is 15.7. The molecule has 0 heterocycles. The first-order valence-electron chi connectivity index (χ1n) is 10.9. The van der Waals surface area contributed by atoms with E-state index in [1.54, 1.807) is 11.9 Å². The van der Waals surface area contributed by atoms with Gasteiger partial charge in [-0.15, -0.1) is 0 Å². The third-order valence-corrected chi connectivity index (χ3v) is 5.66. The lowest BCUT2D eigenvalue weighted by Gasteiger charge is -2.22. The summed E-state index contributed by atoms with van der Waals surface area (Å²) in [6.45, 7) is 6.19. The van der Waals surface area contributed by atoms with Crippen molar-refractivity contribution in [2.24, 2.45) is 0 Å². The van der Waals surface area contributed by atoms with Crippen molar-refractivity contribution in [3.63, 3.8) is 0 Å². The summed E-state index contributed by atoms with van der Waals surface area (Å²) < 4.78 is 0. The number of amides is 2. The number of nitrogens with one attached hydrogen (secondary N) is 2. The molecule has 3 aromatic carbocycles. The van der Waals surface area contributed by atoms with Crippen molar-refractivity contribution in [2.45, 2.75) is 26.8 Å². The van der Waals surface area contributed by atoms with Gasteiger partial charge in [0.15, 0.2) is 0 Å². The van der Waals surface area contributed by atoms with Crippen molar-refractivity contribution in [2.75, 3.05) is 25.5 Å². The largest absolute Gasteiger partial charge is 0.344 e. The maximum atomic E-state index is 12.9. The highest BCUT2D eigenvalue weighted by Gasteiger charge is 2.19. The summed E-state index contributed by atoms with van der Waals surface area (Å²) >= 11 is 6.04. The lowest BCUT2D eigenvalue weighted by Crippen LogP contribution is -2.40. The number of hydrogen-bond acceptors (Lipinski definition) is 3. The fraction of sp³-hybridized carbons (Fsp3) is 0.259. The first kappa shape index (κ1) is 24.5. The van der Waals surface area contributed by atoms with E-state index in [2.05, 4.69) is 10.6 Å². The Morgan fingerprint density at radius 2 is 1.39 bits per heavy atom. The van der Waals surface area contributed by atoms with Crippen molar-refractivity contribution < 1.29 is 9.59 Å². The third-order valence-electron chi connectivity index (χ3n) is 5.41. The number of carbonyl (C=O) groups excluding carboxylic acids is 2. The predicted octanol–water partition coefficient (Wildman–Crippen LogP) is 5.04. The molecule has 0 aliphatic rings. The number of benzene rings is 3. The van der Waals surface area contributed by atoms with Gasteiger partial charge < -0.3 is 10.6 Å². The normalized spacial score (nSPS) is 11.8. The number of anilines is 1. The van der Waals surface area contributed by atoms with E-state index in [1.807, 2.05) is 87.5 Å². The Balaban J connectivity index is 1.63. The number of carbonyl (C=O) groups is 2. The van der Waals surface area contributed by atoms with Crippen LogP contribution in [0.4, 0.5) is 5.69 Å². The van der Waals surface area contributed by atoms with Crippen LogP contribution in [0.2, 0.25) is 5.02 Å². The molecule has 1 unspecified atom stereocenters. The number of aryl methyl sites for hydroxylation is 3. The van der Waals surface area contributed by atoms with E-state index in [4.69, 9.17) is 11.6 Å². The highest BCUT2D eigenvalue weighted by Crippen LogP contribution is 2.24. The summed E-state index contributed by atoms with van der Waals surface area (Å²) in [5.74, 6) is -0.325. The third kappa shape index (κ3) is 6.91. The summed E-state index contributed by atoms with van der Waals surface area (Å²) in [5, 5.41) is 6.72. The average molecular weight is 464 g/mol. The van der Waals surface area contributed by atoms with Crippen molar-refractivity contribution in [3.05, 3.63) is 99.6 Å². The van der Waals surface area contributed by atoms with Gasteiger partial charge in [-0.05, 0) is 62.2 Å². The molecule has 1 atom stereocenters. The van der Waals surface area contributed by atoms with Crippen LogP contribution in [0, 0.1) is 20.8 Å². The van der Waals surface area contributed by atoms with E-state index < -0.39 is 0 Å². The number of hydrogen-bond donors (Lipinski definition) is 2. The van der Waals surface area contributed by atoms with Gasteiger partial charge >= 0.3 is 0 Å². The first-order valence-corrected chi connectivity index (χ1v) is 11.3. The van der Waals surface area contributed by atoms with Crippen molar-refractivity contribution in [1.29, 1.82) is 0 Å². The molecule has 0 spiro atoms. The molecule has 2 N–H and O–H groups in total. The molecule has 0 bridgehead atoms. The summed E-state index contributed by atoms with van der Waals surface area (Å²) in [4.78, 5) is 27.1. The fourth-order valence-electron chi connectivity index (χ4n) is 3.97. The molecule has 3 rings (SSSR count). The highest BCUT2D eigenvalue weighted by atomic mass is 35.5. The van der Waals surface area contributed by atoms with Gasteiger partial charge in [0.1, 0.15) is 0 Å². The molecule has 172 valence electrons. The van der Waals surface area contributed by atoms with Gasteiger partial charge in [-0.1, -0.05) is 71.8 Å². The molecular formula is C27H30ClN3O2. The van der Waals surface area contributed by atoms with Gasteiger partial charge in [0.2, 0.25) is 11.8 Å². The second kappa shape index (κ2) is 11.1. The van der Waals surface area contributed by atoms with Crippen LogP contribution >= 0.6 is 11.6 Å². The molecule has 33 heavy (non-hydrogen) atoms. The molecule has 0 saturated heterocycles. The van der Waals surface area contributed by atoms with E-state index in [9.17, 15) is 9.59 Å². The topological polar surface area (TPSA) is 61.4 Å². The summed E-state index contributed by atoms with van der Waals surface area (Å²) in [5.41, 5.74) is 5.94. The number of halogens is 1. The number of nitrogens with zero attached hydrogens (tertiary/aromatic N) is 1. The summed E-state index contributed by atoms with van der Waals surface area (Å²) in [6.07, 6.45) is 0. The van der Waals surface area contributed by atoms with Gasteiger partial charge in [0.25, 0.3) is 0 Å². The van der Waals surface area contributed by atoms with Crippen LogP contribution in [0.25, 0.3) is 0 Å². The van der Waals surface area contributed by atoms with E-state index in [0.29, 0.717) is 5.02 Å². The van der Waals surface area contributed by atoms with Crippen LogP contribution in [0.1, 0.15) is 33.9 Å². The summed E-state index contributed by atoms with van der Waals surface area (Å²) in [6, 6.07) is 21.0. The predicted molar refractivity (Wildman–Crippen MR) is 135 cm³/mol. The molecule has 0 fully saturated rings. The van der Waals surface area contributed by atoms with Crippen LogP contribution < -0.4 is 10.6 Å². The minimum absolute atomic E-state index is 0.0935. The van der Waals surface area contributed by atoms with E-state index in [-0.39, 0.29) is 30.9 Å². The van der Waals surface area contributed by atoms with Gasteiger partial charge in [-0.3, -0.25) is 14.5 Å². The SMILES string of the molecule is Cc1cc(C)c(NC(=O)CN(C)CC(=O)NC(c2ccccc2)c2ccc(Cl)cc2)c(C)c1. The Hall–Kier alpha value is -3.15. The van der Waals surface area contributed by atoms with E-state index in [0.717, 1.165) is 33.5 Å². The monoisotopic (exact) mass is 463 g/mol. The zero-order chi connectivity index (χ0) is 24.0. The minimum Gasteiger partial charge on any atom is -0.344 e. The second-order valence-corrected chi connectivity index (χ2v) is 8.89. The maximum Gasteiger partial charge on any atom is 0.238 e. The standard InChI is InChI=1S/C27H30ClN3O2/c1-18-14-19(2)26(20(3)15-18)29-24(32)16-31(4)17-25(33)30-27(21-8-6-5-7-9-21)22-10-12-23(28)13-11-22/h5-15,27H,16-17H2,1-4H3,(H,29,32)(H,30,33). The van der Waals surface area contributed by atoms with Crippen molar-refractivity contribution >= 4 is 29.1 Å².